The maximum Gasteiger partial charge on any atom is 0.135 e. The Labute approximate surface area is 150 Å². The van der Waals surface area contributed by atoms with Crippen molar-refractivity contribution < 1.29 is 9.44 Å². The smallest absolute Gasteiger partial charge is 0.135 e. The van der Waals surface area contributed by atoms with Crippen LogP contribution in [0.5, 0.6) is 0 Å². The van der Waals surface area contributed by atoms with E-state index in [4.69, 9.17) is 0 Å². The highest BCUT2D eigenvalue weighted by atomic mass is 16.5. The number of aliphatic imine (C=N–C) groups is 1. The van der Waals surface area contributed by atoms with Gasteiger partial charge in [-0.3, -0.25) is 9.79 Å². The van der Waals surface area contributed by atoms with E-state index in [9.17, 15) is 10.0 Å². The topological polar surface area (TPSA) is 52.5 Å². The molecule has 0 saturated carbocycles. The molecular weight excluding hydrogens is 312 g/mol. The molecule has 0 radical (unpaired) electrons. The summed E-state index contributed by atoms with van der Waals surface area (Å²) in [5.74, 6) is 0.0415. The molecule has 25 heavy (non-hydrogen) atoms. The van der Waals surface area contributed by atoms with E-state index in [0.717, 1.165) is 11.1 Å². The third-order valence-electron chi connectivity index (χ3n) is 4.32. The minimum atomic E-state index is -0.470. The first-order valence-corrected chi connectivity index (χ1v) is 8.64. The number of hydroxylamine groups is 3. The Balaban J connectivity index is 2.08. The van der Waals surface area contributed by atoms with Crippen LogP contribution in [0.3, 0.4) is 0 Å². The normalized spacial score (nSPS) is 15.0. The minimum absolute atomic E-state index is 0.0415. The average molecular weight is 338 g/mol. The van der Waals surface area contributed by atoms with Crippen LogP contribution >= 0.6 is 0 Å². The predicted molar refractivity (Wildman–Crippen MR) is 102 cm³/mol. The number of benzene rings is 2. The van der Waals surface area contributed by atoms with Crippen LogP contribution in [-0.4, -0.2) is 29.2 Å². The van der Waals surface area contributed by atoms with Crippen LogP contribution in [-0.2, 0) is 17.9 Å². The maximum absolute atomic E-state index is 13.4. The van der Waals surface area contributed by atoms with Gasteiger partial charge in [-0.15, -0.1) is 0 Å². The monoisotopic (exact) mass is 338 g/mol. The average Bonchev–Trinajstić information content (AvgIpc) is 2.62. The molecule has 4 heteroatoms. The van der Waals surface area contributed by atoms with Gasteiger partial charge in [0.2, 0.25) is 0 Å². The molecule has 0 spiro atoms. The Kier molecular flexibility index (Phi) is 7.04. The summed E-state index contributed by atoms with van der Waals surface area (Å²) in [5.41, 5.74) is 2.09. The van der Waals surface area contributed by atoms with E-state index < -0.39 is 4.65 Å². The summed E-state index contributed by atoms with van der Waals surface area (Å²) in [4.78, 5) is 15.8. The molecule has 4 nitrogen and oxygen atoms in total. The van der Waals surface area contributed by atoms with Crippen molar-refractivity contribution in [3.05, 3.63) is 77.0 Å². The van der Waals surface area contributed by atoms with Crippen molar-refractivity contribution in [1.29, 1.82) is 0 Å². The van der Waals surface area contributed by atoms with Crippen LogP contribution in [0.1, 0.15) is 31.4 Å². The van der Waals surface area contributed by atoms with Crippen molar-refractivity contribution in [2.45, 2.75) is 39.4 Å². The molecule has 0 aliphatic rings. The molecule has 0 saturated heterocycles. The Morgan fingerprint density at radius 3 is 2.20 bits per heavy atom. The van der Waals surface area contributed by atoms with Crippen LogP contribution < -0.4 is 0 Å². The fraction of sp³-hybridized carbons (Fsp3) is 0.333. The Morgan fingerprint density at radius 1 is 1.08 bits per heavy atom. The van der Waals surface area contributed by atoms with Crippen molar-refractivity contribution in [2.24, 2.45) is 4.99 Å². The fourth-order valence-electron chi connectivity index (χ4n) is 2.68. The zero-order chi connectivity index (χ0) is 18.1. The summed E-state index contributed by atoms with van der Waals surface area (Å²) in [7, 11) is 0. The van der Waals surface area contributed by atoms with E-state index >= 15 is 0 Å². The first-order chi connectivity index (χ1) is 12.0. The molecule has 0 heterocycles. The fourth-order valence-corrected chi connectivity index (χ4v) is 2.68. The summed E-state index contributed by atoms with van der Waals surface area (Å²) in [6, 6.07) is 19.3. The van der Waals surface area contributed by atoms with Gasteiger partial charge in [-0.25, -0.2) is 0 Å². The first kappa shape index (κ1) is 19.0. The molecular formula is C21H26N2O2. The van der Waals surface area contributed by atoms with Crippen LogP contribution in [0.4, 0.5) is 0 Å². The Hall–Kier alpha value is -2.30. The molecule has 2 aromatic carbocycles. The molecule has 2 rings (SSSR count). The standard InChI is InChI=1S/C21H26N2O2/c1-18(15-22-16-20-9-5-3-6-10-20)23(25,14-13-19(2)24)17-21-11-7-4-8-12-21/h3-12,15,18H,13-14,16-17H2,1-2H3. The van der Waals surface area contributed by atoms with Gasteiger partial charge in [0.05, 0.1) is 25.7 Å². The maximum atomic E-state index is 13.4. The van der Waals surface area contributed by atoms with Crippen molar-refractivity contribution in [1.82, 2.24) is 0 Å². The molecule has 0 amide bonds. The van der Waals surface area contributed by atoms with Crippen LogP contribution in [0.15, 0.2) is 65.7 Å². The number of hydrogen-bond donors (Lipinski definition) is 0. The SMILES string of the molecule is CC(=O)CC[N+]([O-])(Cc1ccccc1)C(C)C=NCc1ccccc1. The first-order valence-electron chi connectivity index (χ1n) is 8.64. The summed E-state index contributed by atoms with van der Waals surface area (Å²) < 4.78 is -0.470. The van der Waals surface area contributed by atoms with E-state index in [1.807, 2.05) is 67.6 Å². The number of hydrogen-bond acceptors (Lipinski definition) is 3. The molecule has 0 bridgehead atoms. The van der Waals surface area contributed by atoms with Crippen LogP contribution in [0.2, 0.25) is 0 Å². The van der Waals surface area contributed by atoms with E-state index in [-0.39, 0.29) is 24.8 Å². The van der Waals surface area contributed by atoms with Gasteiger partial charge < -0.3 is 9.85 Å². The van der Waals surface area contributed by atoms with E-state index in [0.29, 0.717) is 13.1 Å². The molecule has 0 N–H and O–H groups in total. The van der Waals surface area contributed by atoms with Gasteiger partial charge >= 0.3 is 0 Å². The van der Waals surface area contributed by atoms with Crippen molar-refractivity contribution in [2.75, 3.05) is 6.54 Å². The van der Waals surface area contributed by atoms with Crippen molar-refractivity contribution in [3.63, 3.8) is 0 Å². The molecule has 132 valence electrons. The predicted octanol–water partition coefficient (Wildman–Crippen LogP) is 4.14. The van der Waals surface area contributed by atoms with Gasteiger partial charge in [0, 0.05) is 5.56 Å². The van der Waals surface area contributed by atoms with E-state index in [1.54, 1.807) is 6.21 Å². The lowest BCUT2D eigenvalue weighted by Crippen LogP contribution is -2.50. The Morgan fingerprint density at radius 2 is 1.64 bits per heavy atom. The molecule has 0 fully saturated rings. The number of carbonyl (C=O) groups is 1. The van der Waals surface area contributed by atoms with Gasteiger partial charge in [0.15, 0.2) is 0 Å². The molecule has 2 aromatic rings. The van der Waals surface area contributed by atoms with Crippen molar-refractivity contribution in [3.8, 4) is 0 Å². The summed E-state index contributed by atoms with van der Waals surface area (Å²) in [6.07, 6.45) is 2.02. The highest BCUT2D eigenvalue weighted by Gasteiger charge is 2.24. The lowest BCUT2D eigenvalue weighted by Gasteiger charge is -2.46. The third-order valence-corrected chi connectivity index (χ3v) is 4.32. The van der Waals surface area contributed by atoms with Gasteiger partial charge in [-0.2, -0.15) is 0 Å². The number of carbonyl (C=O) groups excluding carboxylic acids is 1. The Bertz CT molecular complexity index is 686. The second-order valence-corrected chi connectivity index (χ2v) is 6.49. The largest absolute Gasteiger partial charge is 0.632 e. The second-order valence-electron chi connectivity index (χ2n) is 6.49. The highest BCUT2D eigenvalue weighted by molar-refractivity contribution is 5.75. The third kappa shape index (κ3) is 6.25. The quantitative estimate of drug-likeness (QED) is 0.392. The zero-order valence-corrected chi connectivity index (χ0v) is 15.0. The van der Waals surface area contributed by atoms with Gasteiger partial charge in [0.25, 0.3) is 0 Å². The minimum Gasteiger partial charge on any atom is -0.632 e. The number of ketones is 1. The molecule has 0 aliphatic carbocycles. The molecule has 0 aromatic heterocycles. The summed E-state index contributed by atoms with van der Waals surface area (Å²) in [6.45, 7) is 4.57. The van der Waals surface area contributed by atoms with Gasteiger partial charge in [-0.05, 0) is 19.4 Å². The van der Waals surface area contributed by atoms with Crippen LogP contribution in [0.25, 0.3) is 0 Å². The number of rotatable bonds is 9. The zero-order valence-electron chi connectivity index (χ0n) is 15.0. The van der Waals surface area contributed by atoms with Gasteiger partial charge in [0.1, 0.15) is 18.4 Å². The molecule has 2 unspecified atom stereocenters. The number of nitrogens with zero attached hydrogens (tertiary/aromatic N) is 2. The van der Waals surface area contributed by atoms with E-state index in [1.165, 1.54) is 6.92 Å². The lowest BCUT2D eigenvalue weighted by molar-refractivity contribution is -0.905. The molecule has 2 atom stereocenters. The highest BCUT2D eigenvalue weighted by Crippen LogP contribution is 2.18. The van der Waals surface area contributed by atoms with Crippen LogP contribution in [0, 0.1) is 5.21 Å². The summed E-state index contributed by atoms with van der Waals surface area (Å²) >= 11 is 0. The number of Topliss-reactive ketones (excluding diaryl/α,β-unsaturated/α-hetero) is 1. The lowest BCUT2D eigenvalue weighted by atomic mass is 10.1. The molecule has 0 aliphatic heterocycles. The van der Waals surface area contributed by atoms with Crippen molar-refractivity contribution >= 4 is 12.0 Å². The summed E-state index contributed by atoms with van der Waals surface area (Å²) in [5, 5.41) is 13.4. The van der Waals surface area contributed by atoms with Gasteiger partial charge in [-0.1, -0.05) is 60.7 Å². The van der Waals surface area contributed by atoms with E-state index in [2.05, 4.69) is 4.99 Å². The second kappa shape index (κ2) is 9.25. The number of quaternary nitrogens is 1.